The number of nitrogens with one attached hydrogen (secondary N) is 2. The molecular weight excluding hydrogens is 478 g/mol. The first-order chi connectivity index (χ1) is 18.4. The van der Waals surface area contributed by atoms with E-state index in [4.69, 9.17) is 0 Å². The monoisotopic (exact) mass is 507 g/mol. The van der Waals surface area contributed by atoms with Gasteiger partial charge in [-0.15, -0.1) is 5.10 Å². The Morgan fingerprint density at radius 1 is 0.921 bits per heavy atom. The zero-order valence-electron chi connectivity index (χ0n) is 21.3. The summed E-state index contributed by atoms with van der Waals surface area (Å²) in [4.78, 5) is 37.7. The number of hydrogen-bond donors (Lipinski definition) is 2. The van der Waals surface area contributed by atoms with Crippen molar-refractivity contribution in [2.24, 2.45) is 0 Å². The zero-order valence-corrected chi connectivity index (χ0v) is 21.3. The predicted octanol–water partition coefficient (Wildman–Crippen LogP) is 4.29. The number of carbonyl (C=O) groups excluding carboxylic acids is 3. The average molecular weight is 508 g/mol. The summed E-state index contributed by atoms with van der Waals surface area (Å²) < 4.78 is 1.46. The van der Waals surface area contributed by atoms with Gasteiger partial charge < -0.3 is 10.6 Å². The maximum absolute atomic E-state index is 12.9. The third-order valence-electron chi connectivity index (χ3n) is 5.99. The molecule has 3 aromatic carbocycles. The Bertz CT molecular complexity index is 1470. The molecule has 0 bridgehead atoms. The number of Topliss-reactive ketones (excluding diaryl/α,β-unsaturated/α-hetero) is 1. The third kappa shape index (κ3) is 7.33. The highest BCUT2D eigenvalue weighted by Crippen LogP contribution is 2.16. The lowest BCUT2D eigenvalue weighted by Crippen LogP contribution is -2.24. The van der Waals surface area contributed by atoms with Crippen LogP contribution in [0.25, 0.3) is 6.08 Å². The van der Waals surface area contributed by atoms with Crippen LogP contribution in [0.1, 0.15) is 38.3 Å². The number of amides is 2. The van der Waals surface area contributed by atoms with Gasteiger partial charge in [0, 0.05) is 12.5 Å². The van der Waals surface area contributed by atoms with Crippen LogP contribution in [-0.2, 0) is 29.1 Å². The summed E-state index contributed by atoms with van der Waals surface area (Å²) in [6, 6.07) is 22.2. The van der Waals surface area contributed by atoms with E-state index in [1.54, 1.807) is 36.5 Å². The average Bonchev–Trinajstić information content (AvgIpc) is 3.36. The SMILES string of the molecule is Cc1ccc(/C=C/C(=O)Nc2ccccc2C(=O)NCc2cn(CC(=O)Cc3ccccc3)nn2)cc1C. The molecule has 0 aliphatic heterocycles. The van der Waals surface area contributed by atoms with Crippen LogP contribution >= 0.6 is 0 Å². The number of para-hydroxylation sites is 1. The van der Waals surface area contributed by atoms with Crippen LogP contribution in [0.2, 0.25) is 0 Å². The predicted molar refractivity (Wildman–Crippen MR) is 146 cm³/mol. The van der Waals surface area contributed by atoms with Crippen molar-refractivity contribution >= 4 is 29.4 Å². The third-order valence-corrected chi connectivity index (χ3v) is 5.99. The van der Waals surface area contributed by atoms with Crippen LogP contribution in [0.15, 0.2) is 85.1 Å². The maximum Gasteiger partial charge on any atom is 0.253 e. The Hall–Kier alpha value is -4.85. The minimum atomic E-state index is -0.367. The van der Waals surface area contributed by atoms with Gasteiger partial charge >= 0.3 is 0 Å². The van der Waals surface area contributed by atoms with Gasteiger partial charge in [-0.2, -0.15) is 0 Å². The number of carbonyl (C=O) groups is 3. The van der Waals surface area contributed by atoms with Gasteiger partial charge in [-0.3, -0.25) is 14.4 Å². The molecule has 0 radical (unpaired) electrons. The molecule has 0 atom stereocenters. The lowest BCUT2D eigenvalue weighted by atomic mass is 10.1. The summed E-state index contributed by atoms with van der Waals surface area (Å²) in [6.45, 7) is 4.28. The Kier molecular flexibility index (Phi) is 8.56. The highest BCUT2D eigenvalue weighted by atomic mass is 16.2. The van der Waals surface area contributed by atoms with Crippen LogP contribution in [-0.4, -0.2) is 32.6 Å². The molecular formula is C30H29N5O3. The molecule has 0 aliphatic carbocycles. The number of hydrogen-bond acceptors (Lipinski definition) is 5. The lowest BCUT2D eigenvalue weighted by molar-refractivity contribution is -0.119. The van der Waals surface area contributed by atoms with E-state index in [1.807, 2.05) is 62.4 Å². The van der Waals surface area contributed by atoms with E-state index in [0.717, 1.165) is 16.7 Å². The van der Waals surface area contributed by atoms with Crippen molar-refractivity contribution in [3.8, 4) is 0 Å². The van der Waals surface area contributed by atoms with E-state index < -0.39 is 0 Å². The summed E-state index contributed by atoms with van der Waals surface area (Å²) in [6.07, 6.45) is 5.12. The second kappa shape index (κ2) is 12.4. The molecule has 0 aliphatic rings. The molecule has 38 heavy (non-hydrogen) atoms. The zero-order chi connectivity index (χ0) is 26.9. The van der Waals surface area contributed by atoms with Crippen LogP contribution < -0.4 is 10.6 Å². The van der Waals surface area contributed by atoms with Gasteiger partial charge in [0.15, 0.2) is 5.78 Å². The van der Waals surface area contributed by atoms with Gasteiger partial charge in [0.1, 0.15) is 12.2 Å². The lowest BCUT2D eigenvalue weighted by Gasteiger charge is -2.10. The summed E-state index contributed by atoms with van der Waals surface area (Å²) in [5.74, 6) is -0.701. The standard InChI is InChI=1S/C30H29N5O3/c1-21-12-13-24(16-22(21)2)14-15-29(37)32-28-11-7-6-10-27(28)30(38)31-18-25-19-35(34-33-25)20-26(36)17-23-8-4-3-5-9-23/h3-16,19H,17-18,20H2,1-2H3,(H,31,38)(H,32,37)/b15-14+. The van der Waals surface area contributed by atoms with Crippen LogP contribution in [0.4, 0.5) is 5.69 Å². The van der Waals surface area contributed by atoms with E-state index >= 15 is 0 Å². The fourth-order valence-corrected chi connectivity index (χ4v) is 3.83. The van der Waals surface area contributed by atoms with Crippen molar-refractivity contribution in [3.05, 3.63) is 119 Å². The first kappa shape index (κ1) is 26.2. The van der Waals surface area contributed by atoms with Crippen LogP contribution in [0, 0.1) is 13.8 Å². The van der Waals surface area contributed by atoms with Gasteiger partial charge in [-0.05, 0) is 54.3 Å². The molecule has 192 valence electrons. The van der Waals surface area contributed by atoms with Crippen LogP contribution in [0.3, 0.4) is 0 Å². The Labute approximate surface area is 221 Å². The van der Waals surface area contributed by atoms with Gasteiger partial charge in [0.25, 0.3) is 5.91 Å². The van der Waals surface area contributed by atoms with Crippen molar-refractivity contribution < 1.29 is 14.4 Å². The number of rotatable bonds is 10. The van der Waals surface area contributed by atoms with Crippen molar-refractivity contribution in [1.82, 2.24) is 20.3 Å². The molecule has 4 aromatic rings. The number of aromatic nitrogens is 3. The molecule has 1 aromatic heterocycles. The highest BCUT2D eigenvalue weighted by Gasteiger charge is 2.13. The molecule has 2 N–H and O–H groups in total. The smallest absolute Gasteiger partial charge is 0.253 e. The number of aryl methyl sites for hydroxylation is 2. The molecule has 8 heteroatoms. The first-order valence-corrected chi connectivity index (χ1v) is 12.3. The minimum Gasteiger partial charge on any atom is -0.346 e. The molecule has 8 nitrogen and oxygen atoms in total. The molecule has 4 rings (SSSR count). The number of nitrogens with zero attached hydrogens (tertiary/aromatic N) is 3. The fraction of sp³-hybridized carbons (Fsp3) is 0.167. The topological polar surface area (TPSA) is 106 Å². The molecule has 0 fully saturated rings. The van der Waals surface area contributed by atoms with Crippen molar-refractivity contribution in [3.63, 3.8) is 0 Å². The fourth-order valence-electron chi connectivity index (χ4n) is 3.83. The Balaban J connectivity index is 1.31. The summed E-state index contributed by atoms with van der Waals surface area (Å²) >= 11 is 0. The second-order valence-electron chi connectivity index (χ2n) is 9.00. The molecule has 0 unspecified atom stereocenters. The molecule has 0 spiro atoms. The molecule has 1 heterocycles. The van der Waals surface area contributed by atoms with Gasteiger partial charge in [0.05, 0.1) is 24.0 Å². The first-order valence-electron chi connectivity index (χ1n) is 12.3. The number of benzene rings is 3. The van der Waals surface area contributed by atoms with E-state index in [1.165, 1.54) is 16.3 Å². The summed E-state index contributed by atoms with van der Waals surface area (Å²) in [5, 5.41) is 13.6. The Morgan fingerprint density at radius 2 is 1.68 bits per heavy atom. The summed E-state index contributed by atoms with van der Waals surface area (Å²) in [5.41, 5.74) is 5.43. The molecule has 0 saturated carbocycles. The number of anilines is 1. The Morgan fingerprint density at radius 3 is 2.47 bits per heavy atom. The van der Waals surface area contributed by atoms with Gasteiger partial charge in [-0.1, -0.05) is 65.9 Å². The minimum absolute atomic E-state index is 0.00733. The van der Waals surface area contributed by atoms with Gasteiger partial charge in [-0.25, -0.2) is 4.68 Å². The summed E-state index contributed by atoms with van der Waals surface area (Å²) in [7, 11) is 0. The quantitative estimate of drug-likeness (QED) is 0.312. The van der Waals surface area contributed by atoms with Crippen molar-refractivity contribution in [1.29, 1.82) is 0 Å². The number of ketones is 1. The molecule has 2 amide bonds. The highest BCUT2D eigenvalue weighted by molar-refractivity contribution is 6.07. The van der Waals surface area contributed by atoms with Gasteiger partial charge in [0.2, 0.25) is 5.91 Å². The van der Waals surface area contributed by atoms with E-state index in [2.05, 4.69) is 20.9 Å². The van der Waals surface area contributed by atoms with E-state index in [9.17, 15) is 14.4 Å². The van der Waals surface area contributed by atoms with E-state index in [-0.39, 0.29) is 30.7 Å². The largest absolute Gasteiger partial charge is 0.346 e. The van der Waals surface area contributed by atoms with E-state index in [0.29, 0.717) is 23.4 Å². The van der Waals surface area contributed by atoms with Crippen molar-refractivity contribution in [2.45, 2.75) is 33.4 Å². The van der Waals surface area contributed by atoms with Crippen molar-refractivity contribution in [2.75, 3.05) is 5.32 Å². The normalized spacial score (nSPS) is 10.9. The maximum atomic E-state index is 12.9. The molecule has 0 saturated heterocycles. The second-order valence-corrected chi connectivity index (χ2v) is 9.00. The van der Waals surface area contributed by atoms with Crippen LogP contribution in [0.5, 0.6) is 0 Å².